The van der Waals surface area contributed by atoms with Gasteiger partial charge in [-0.05, 0) is 30.3 Å². The molecule has 26 heavy (non-hydrogen) atoms. The van der Waals surface area contributed by atoms with Crippen molar-refractivity contribution in [2.24, 2.45) is 0 Å². The third kappa shape index (κ3) is 3.40. The molecule has 0 spiro atoms. The Labute approximate surface area is 157 Å². The van der Waals surface area contributed by atoms with Gasteiger partial charge in [-0.15, -0.1) is 0 Å². The minimum Gasteiger partial charge on any atom is -0.353 e. The van der Waals surface area contributed by atoms with Gasteiger partial charge in [0.1, 0.15) is 5.82 Å². The van der Waals surface area contributed by atoms with Gasteiger partial charge in [-0.2, -0.15) is 0 Å². The number of amides is 1. The Bertz CT molecular complexity index is 901. The summed E-state index contributed by atoms with van der Waals surface area (Å²) >= 11 is 6.22. The number of rotatable bonds is 4. The van der Waals surface area contributed by atoms with E-state index in [9.17, 15) is 4.79 Å². The van der Waals surface area contributed by atoms with Crippen LogP contribution in [0.2, 0.25) is 5.02 Å². The highest BCUT2D eigenvalue weighted by Crippen LogP contribution is 2.24. The van der Waals surface area contributed by atoms with Crippen LogP contribution in [-0.2, 0) is 11.3 Å². The van der Waals surface area contributed by atoms with Gasteiger partial charge in [0.25, 0.3) is 0 Å². The molecular formula is C20H21ClN4O. The lowest BCUT2D eigenvalue weighted by molar-refractivity contribution is -0.131. The molecule has 1 aliphatic heterocycles. The zero-order valence-electron chi connectivity index (χ0n) is 14.5. The van der Waals surface area contributed by atoms with Gasteiger partial charge in [0.05, 0.1) is 0 Å². The van der Waals surface area contributed by atoms with Crippen LogP contribution in [0.5, 0.6) is 0 Å². The second kappa shape index (κ2) is 7.38. The van der Waals surface area contributed by atoms with Crippen molar-refractivity contribution in [3.05, 3.63) is 59.9 Å². The first kappa shape index (κ1) is 16.9. The Kier molecular flexibility index (Phi) is 4.80. The molecule has 3 aromatic rings. The largest absolute Gasteiger partial charge is 0.353 e. The number of fused-ring (bicyclic) bond motifs is 1. The van der Waals surface area contributed by atoms with Crippen LogP contribution in [0.4, 0.5) is 5.82 Å². The predicted molar refractivity (Wildman–Crippen MR) is 105 cm³/mol. The quantitative estimate of drug-likeness (QED) is 0.708. The first-order chi connectivity index (χ1) is 12.7. The van der Waals surface area contributed by atoms with E-state index in [-0.39, 0.29) is 5.91 Å². The number of anilines is 1. The highest BCUT2D eigenvalue weighted by molar-refractivity contribution is 6.35. The molecule has 3 heterocycles. The fourth-order valence-electron chi connectivity index (χ4n) is 3.48. The van der Waals surface area contributed by atoms with Crippen molar-refractivity contribution in [2.45, 2.75) is 13.0 Å². The van der Waals surface area contributed by atoms with Gasteiger partial charge in [-0.1, -0.05) is 23.7 Å². The van der Waals surface area contributed by atoms with Gasteiger partial charge in [0, 0.05) is 67.5 Å². The molecule has 134 valence electrons. The van der Waals surface area contributed by atoms with E-state index in [2.05, 4.69) is 14.5 Å². The highest BCUT2D eigenvalue weighted by Gasteiger charge is 2.21. The van der Waals surface area contributed by atoms with Gasteiger partial charge in [-0.3, -0.25) is 4.79 Å². The Balaban J connectivity index is 1.34. The second-order valence-electron chi connectivity index (χ2n) is 6.49. The molecule has 0 unspecified atom stereocenters. The number of hydrogen-bond donors (Lipinski definition) is 0. The van der Waals surface area contributed by atoms with Gasteiger partial charge in [0.2, 0.25) is 5.91 Å². The molecule has 1 aliphatic rings. The molecule has 0 aliphatic carbocycles. The monoisotopic (exact) mass is 368 g/mol. The number of aryl methyl sites for hydroxylation is 1. The van der Waals surface area contributed by atoms with E-state index in [0.29, 0.717) is 13.0 Å². The molecule has 1 amide bonds. The summed E-state index contributed by atoms with van der Waals surface area (Å²) in [6.45, 7) is 3.81. The highest BCUT2D eigenvalue weighted by atomic mass is 35.5. The smallest absolute Gasteiger partial charge is 0.224 e. The zero-order valence-corrected chi connectivity index (χ0v) is 15.3. The molecule has 1 saturated heterocycles. The fraction of sp³-hybridized carbons (Fsp3) is 0.300. The van der Waals surface area contributed by atoms with Crippen molar-refractivity contribution in [1.82, 2.24) is 14.5 Å². The Hall–Kier alpha value is -2.53. The van der Waals surface area contributed by atoms with Gasteiger partial charge in [-0.25, -0.2) is 4.98 Å². The Morgan fingerprint density at radius 2 is 1.88 bits per heavy atom. The van der Waals surface area contributed by atoms with E-state index in [1.807, 2.05) is 53.6 Å². The molecule has 1 aromatic carbocycles. The average molecular weight is 369 g/mol. The molecule has 0 N–H and O–H groups in total. The lowest BCUT2D eigenvalue weighted by Crippen LogP contribution is -2.49. The molecule has 4 rings (SSSR count). The number of pyridine rings is 1. The molecule has 6 heteroatoms. The van der Waals surface area contributed by atoms with Crippen molar-refractivity contribution in [1.29, 1.82) is 0 Å². The van der Waals surface area contributed by atoms with E-state index in [0.717, 1.165) is 47.9 Å². The third-order valence-electron chi connectivity index (χ3n) is 4.93. The summed E-state index contributed by atoms with van der Waals surface area (Å²) in [5, 5.41) is 1.78. The number of benzene rings is 1. The standard InChI is InChI=1S/C20H21ClN4O/c21-17-4-3-5-18-16(17)7-10-23(18)11-8-20(26)25-14-12-24(13-15-25)19-6-1-2-9-22-19/h1-7,9-10H,8,11-15H2. The van der Waals surface area contributed by atoms with Gasteiger partial charge >= 0.3 is 0 Å². The number of piperazine rings is 1. The number of carbonyl (C=O) groups is 1. The SMILES string of the molecule is O=C(CCn1ccc2c(Cl)cccc21)N1CCN(c2ccccn2)CC1. The second-order valence-corrected chi connectivity index (χ2v) is 6.89. The summed E-state index contributed by atoms with van der Waals surface area (Å²) in [4.78, 5) is 21.2. The van der Waals surface area contributed by atoms with E-state index < -0.39 is 0 Å². The first-order valence-corrected chi connectivity index (χ1v) is 9.27. The fourth-order valence-corrected chi connectivity index (χ4v) is 3.71. The number of nitrogens with zero attached hydrogens (tertiary/aromatic N) is 4. The molecule has 0 bridgehead atoms. The number of carbonyl (C=O) groups excluding carboxylic acids is 1. The topological polar surface area (TPSA) is 41.4 Å². The van der Waals surface area contributed by atoms with Crippen LogP contribution in [0.1, 0.15) is 6.42 Å². The van der Waals surface area contributed by atoms with Crippen LogP contribution in [0, 0.1) is 0 Å². The number of halogens is 1. The molecule has 1 fully saturated rings. The first-order valence-electron chi connectivity index (χ1n) is 8.89. The molecule has 5 nitrogen and oxygen atoms in total. The van der Waals surface area contributed by atoms with Crippen LogP contribution >= 0.6 is 11.6 Å². The van der Waals surface area contributed by atoms with E-state index in [1.54, 1.807) is 6.20 Å². The number of aromatic nitrogens is 2. The predicted octanol–water partition coefficient (Wildman–Crippen LogP) is 3.43. The maximum atomic E-state index is 12.6. The van der Waals surface area contributed by atoms with E-state index in [4.69, 9.17) is 11.6 Å². The average Bonchev–Trinajstić information content (AvgIpc) is 3.11. The summed E-state index contributed by atoms with van der Waals surface area (Å²) in [6, 6.07) is 13.8. The van der Waals surface area contributed by atoms with Gasteiger partial charge < -0.3 is 14.4 Å². The normalized spacial score (nSPS) is 14.8. The maximum absolute atomic E-state index is 12.6. The molecule has 0 atom stereocenters. The summed E-state index contributed by atoms with van der Waals surface area (Å²) in [5.41, 5.74) is 1.07. The summed E-state index contributed by atoms with van der Waals surface area (Å²) in [7, 11) is 0. The maximum Gasteiger partial charge on any atom is 0.224 e. The van der Waals surface area contributed by atoms with Crippen molar-refractivity contribution >= 4 is 34.2 Å². The summed E-state index contributed by atoms with van der Waals surface area (Å²) in [6.07, 6.45) is 4.31. The van der Waals surface area contributed by atoms with Gasteiger partial charge in [0.15, 0.2) is 0 Å². The summed E-state index contributed by atoms with van der Waals surface area (Å²) in [5.74, 6) is 1.19. The third-order valence-corrected chi connectivity index (χ3v) is 5.26. The summed E-state index contributed by atoms with van der Waals surface area (Å²) < 4.78 is 2.10. The number of hydrogen-bond acceptors (Lipinski definition) is 3. The molecule has 2 aromatic heterocycles. The molecule has 0 radical (unpaired) electrons. The minimum absolute atomic E-state index is 0.203. The molecule has 0 saturated carbocycles. The molecular weight excluding hydrogens is 348 g/mol. The lowest BCUT2D eigenvalue weighted by Gasteiger charge is -2.35. The zero-order chi connectivity index (χ0) is 17.9. The van der Waals surface area contributed by atoms with Crippen LogP contribution in [0.3, 0.4) is 0 Å². The van der Waals surface area contributed by atoms with Crippen LogP contribution in [0.25, 0.3) is 10.9 Å². The van der Waals surface area contributed by atoms with Crippen molar-refractivity contribution in [3.8, 4) is 0 Å². The minimum atomic E-state index is 0.203. The lowest BCUT2D eigenvalue weighted by atomic mass is 10.2. The Morgan fingerprint density at radius 3 is 2.65 bits per heavy atom. The van der Waals surface area contributed by atoms with Crippen molar-refractivity contribution < 1.29 is 4.79 Å². The van der Waals surface area contributed by atoms with Crippen LogP contribution in [0.15, 0.2) is 54.9 Å². The van der Waals surface area contributed by atoms with Crippen molar-refractivity contribution in [3.63, 3.8) is 0 Å². The van der Waals surface area contributed by atoms with Crippen molar-refractivity contribution in [2.75, 3.05) is 31.1 Å². The van der Waals surface area contributed by atoms with Crippen LogP contribution < -0.4 is 4.90 Å². The van der Waals surface area contributed by atoms with E-state index >= 15 is 0 Å². The Morgan fingerprint density at radius 1 is 1.04 bits per heavy atom. The van der Waals surface area contributed by atoms with E-state index in [1.165, 1.54) is 0 Å². The van der Waals surface area contributed by atoms with Crippen LogP contribution in [-0.4, -0.2) is 46.5 Å².